The first-order valence-electron chi connectivity index (χ1n) is 2.72. The van der Waals surface area contributed by atoms with Gasteiger partial charge in [0.15, 0.2) is 0 Å². The molecule has 3 heteroatoms. The Morgan fingerprint density at radius 3 is 3.11 bits per heavy atom. The van der Waals surface area contributed by atoms with Gasteiger partial charge in [0.2, 0.25) is 0 Å². The van der Waals surface area contributed by atoms with Crippen LogP contribution < -0.4 is 5.73 Å². The van der Waals surface area contributed by atoms with Crippen molar-refractivity contribution >= 4 is 0 Å². The van der Waals surface area contributed by atoms with Crippen molar-refractivity contribution in [3.63, 3.8) is 0 Å². The Labute approximate surface area is 53.6 Å². The Morgan fingerprint density at radius 1 is 1.89 bits per heavy atom. The summed E-state index contributed by atoms with van der Waals surface area (Å²) in [5.74, 6) is 0.755. The molecule has 0 amide bonds. The SMILES string of the molecule is C=CC(N)c1ncc[nH]1. The molecule has 0 aliphatic heterocycles. The Balaban J connectivity index is 2.76. The highest BCUT2D eigenvalue weighted by Crippen LogP contribution is 2.01. The minimum Gasteiger partial charge on any atom is -0.347 e. The van der Waals surface area contributed by atoms with E-state index in [2.05, 4.69) is 16.5 Å². The van der Waals surface area contributed by atoms with E-state index < -0.39 is 0 Å². The summed E-state index contributed by atoms with van der Waals surface area (Å²) in [6, 6.07) is -0.167. The second-order valence-electron chi connectivity index (χ2n) is 1.74. The first-order chi connectivity index (χ1) is 4.34. The Hall–Kier alpha value is -1.09. The molecular formula is C6H9N3. The first kappa shape index (κ1) is 6.04. The molecule has 0 bridgehead atoms. The van der Waals surface area contributed by atoms with Gasteiger partial charge in [0.1, 0.15) is 5.82 Å². The fraction of sp³-hybridized carbons (Fsp3) is 0.167. The van der Waals surface area contributed by atoms with Crippen LogP contribution in [0.1, 0.15) is 11.9 Å². The van der Waals surface area contributed by atoms with Gasteiger partial charge in [0, 0.05) is 12.4 Å². The van der Waals surface area contributed by atoms with Crippen LogP contribution in [-0.4, -0.2) is 9.97 Å². The molecular weight excluding hydrogens is 114 g/mol. The van der Waals surface area contributed by atoms with E-state index in [-0.39, 0.29) is 6.04 Å². The number of hydrogen-bond donors (Lipinski definition) is 2. The zero-order valence-electron chi connectivity index (χ0n) is 5.04. The van der Waals surface area contributed by atoms with Crippen molar-refractivity contribution in [3.8, 4) is 0 Å². The number of rotatable bonds is 2. The standard InChI is InChI=1S/C6H9N3/c1-2-5(7)6-8-3-4-9-6/h2-5H,1,7H2,(H,8,9). The normalized spacial score (nSPS) is 13.0. The molecule has 1 unspecified atom stereocenters. The third-order valence-corrected chi connectivity index (χ3v) is 1.09. The zero-order chi connectivity index (χ0) is 6.69. The molecule has 1 rings (SSSR count). The molecule has 0 aromatic carbocycles. The Kier molecular flexibility index (Phi) is 1.65. The van der Waals surface area contributed by atoms with E-state index in [4.69, 9.17) is 5.73 Å². The van der Waals surface area contributed by atoms with Crippen LogP contribution in [0.3, 0.4) is 0 Å². The maximum absolute atomic E-state index is 5.53. The zero-order valence-corrected chi connectivity index (χ0v) is 5.04. The van der Waals surface area contributed by atoms with E-state index in [0.29, 0.717) is 0 Å². The monoisotopic (exact) mass is 123 g/mol. The quantitative estimate of drug-likeness (QED) is 0.565. The fourth-order valence-corrected chi connectivity index (χ4v) is 0.571. The van der Waals surface area contributed by atoms with Crippen molar-refractivity contribution in [2.24, 2.45) is 5.73 Å². The lowest BCUT2D eigenvalue weighted by atomic mass is 10.3. The second-order valence-corrected chi connectivity index (χ2v) is 1.74. The number of hydrogen-bond acceptors (Lipinski definition) is 2. The number of nitrogens with two attached hydrogens (primary N) is 1. The van der Waals surface area contributed by atoms with Crippen LogP contribution in [0.25, 0.3) is 0 Å². The Morgan fingerprint density at radius 2 is 2.67 bits per heavy atom. The predicted octanol–water partition coefficient (Wildman–Crippen LogP) is 0.596. The van der Waals surface area contributed by atoms with Gasteiger partial charge < -0.3 is 10.7 Å². The number of aromatic amines is 1. The van der Waals surface area contributed by atoms with Gasteiger partial charge in [-0.15, -0.1) is 6.58 Å². The minimum atomic E-state index is -0.167. The molecule has 0 saturated heterocycles. The molecule has 1 heterocycles. The number of aromatic nitrogens is 2. The van der Waals surface area contributed by atoms with Crippen LogP contribution >= 0.6 is 0 Å². The van der Waals surface area contributed by atoms with E-state index in [1.807, 2.05) is 0 Å². The van der Waals surface area contributed by atoms with Gasteiger partial charge in [0.25, 0.3) is 0 Å². The van der Waals surface area contributed by atoms with Crippen molar-refractivity contribution in [1.29, 1.82) is 0 Å². The summed E-state index contributed by atoms with van der Waals surface area (Å²) in [5.41, 5.74) is 5.53. The largest absolute Gasteiger partial charge is 0.347 e. The molecule has 9 heavy (non-hydrogen) atoms. The van der Waals surface area contributed by atoms with Crippen molar-refractivity contribution in [2.75, 3.05) is 0 Å². The second kappa shape index (κ2) is 2.46. The number of H-pyrrole nitrogens is 1. The minimum absolute atomic E-state index is 0.167. The topological polar surface area (TPSA) is 54.7 Å². The summed E-state index contributed by atoms with van der Waals surface area (Å²) in [4.78, 5) is 6.82. The van der Waals surface area contributed by atoms with E-state index in [1.54, 1.807) is 18.5 Å². The Bertz CT molecular complexity index is 178. The molecule has 0 fully saturated rings. The molecule has 0 radical (unpaired) electrons. The van der Waals surface area contributed by atoms with Crippen molar-refractivity contribution in [2.45, 2.75) is 6.04 Å². The molecule has 0 saturated carbocycles. The van der Waals surface area contributed by atoms with Crippen molar-refractivity contribution < 1.29 is 0 Å². The van der Waals surface area contributed by atoms with Gasteiger partial charge >= 0.3 is 0 Å². The molecule has 0 aliphatic rings. The van der Waals surface area contributed by atoms with Crippen LogP contribution in [0.5, 0.6) is 0 Å². The maximum Gasteiger partial charge on any atom is 0.126 e. The molecule has 3 N–H and O–H groups in total. The molecule has 0 spiro atoms. The van der Waals surface area contributed by atoms with E-state index >= 15 is 0 Å². The van der Waals surface area contributed by atoms with Crippen LogP contribution in [-0.2, 0) is 0 Å². The van der Waals surface area contributed by atoms with Crippen molar-refractivity contribution in [1.82, 2.24) is 9.97 Å². The molecule has 1 aromatic rings. The predicted molar refractivity (Wildman–Crippen MR) is 35.7 cm³/mol. The smallest absolute Gasteiger partial charge is 0.126 e. The van der Waals surface area contributed by atoms with Gasteiger partial charge in [-0.2, -0.15) is 0 Å². The van der Waals surface area contributed by atoms with Crippen molar-refractivity contribution in [3.05, 3.63) is 30.9 Å². The van der Waals surface area contributed by atoms with Gasteiger partial charge in [-0.05, 0) is 0 Å². The number of imidazole rings is 1. The average molecular weight is 123 g/mol. The highest BCUT2D eigenvalue weighted by Gasteiger charge is 1.99. The van der Waals surface area contributed by atoms with Gasteiger partial charge in [0.05, 0.1) is 6.04 Å². The van der Waals surface area contributed by atoms with E-state index in [0.717, 1.165) is 5.82 Å². The summed E-state index contributed by atoms with van der Waals surface area (Å²) in [6.45, 7) is 3.53. The molecule has 3 nitrogen and oxygen atoms in total. The van der Waals surface area contributed by atoms with Gasteiger partial charge in [-0.1, -0.05) is 6.08 Å². The number of nitrogens with one attached hydrogen (secondary N) is 1. The summed E-state index contributed by atoms with van der Waals surface area (Å²) in [7, 11) is 0. The van der Waals surface area contributed by atoms with Gasteiger partial charge in [-0.25, -0.2) is 4.98 Å². The lowest BCUT2D eigenvalue weighted by molar-refractivity contribution is 0.833. The highest BCUT2D eigenvalue weighted by atomic mass is 14.9. The van der Waals surface area contributed by atoms with Crippen LogP contribution in [0, 0.1) is 0 Å². The van der Waals surface area contributed by atoms with Crippen LogP contribution in [0.15, 0.2) is 25.0 Å². The number of nitrogens with zero attached hydrogens (tertiary/aromatic N) is 1. The lowest BCUT2D eigenvalue weighted by Crippen LogP contribution is -2.07. The summed E-state index contributed by atoms with van der Waals surface area (Å²) < 4.78 is 0. The highest BCUT2D eigenvalue weighted by molar-refractivity contribution is 5.01. The fourth-order valence-electron chi connectivity index (χ4n) is 0.571. The van der Waals surface area contributed by atoms with Crippen LogP contribution in [0.2, 0.25) is 0 Å². The lowest BCUT2D eigenvalue weighted by Gasteiger charge is -1.98. The summed E-state index contributed by atoms with van der Waals surface area (Å²) >= 11 is 0. The maximum atomic E-state index is 5.53. The first-order valence-corrected chi connectivity index (χ1v) is 2.72. The summed E-state index contributed by atoms with van der Waals surface area (Å²) in [5, 5.41) is 0. The third kappa shape index (κ3) is 1.17. The molecule has 0 aliphatic carbocycles. The third-order valence-electron chi connectivity index (χ3n) is 1.09. The molecule has 1 aromatic heterocycles. The van der Waals surface area contributed by atoms with Crippen LogP contribution in [0.4, 0.5) is 0 Å². The van der Waals surface area contributed by atoms with E-state index in [9.17, 15) is 0 Å². The average Bonchev–Trinajstić information content (AvgIpc) is 2.37. The molecule has 1 atom stereocenters. The van der Waals surface area contributed by atoms with Gasteiger partial charge in [-0.3, -0.25) is 0 Å². The van der Waals surface area contributed by atoms with E-state index in [1.165, 1.54) is 0 Å². The summed E-state index contributed by atoms with van der Waals surface area (Å²) in [6.07, 6.45) is 5.04. The molecule has 48 valence electrons.